The molecule has 1 aromatic rings. The zero-order valence-corrected chi connectivity index (χ0v) is 16.6. The quantitative estimate of drug-likeness (QED) is 0.643. The van der Waals surface area contributed by atoms with Crippen LogP contribution in [0.5, 0.6) is 0 Å². The van der Waals surface area contributed by atoms with E-state index in [2.05, 4.69) is 5.32 Å². The molecule has 0 bridgehead atoms. The first kappa shape index (κ1) is 20.5. The number of hydrogen-bond donors (Lipinski definition) is 1. The Morgan fingerprint density at radius 3 is 2.23 bits per heavy atom. The minimum Gasteiger partial charge on any atom is -0.465 e. The highest BCUT2D eigenvalue weighted by Gasteiger charge is 2.52. The highest BCUT2D eigenvalue weighted by atomic mass is 16.7. The second-order valence-electron chi connectivity index (χ2n) is 7.99. The van der Waals surface area contributed by atoms with E-state index in [4.69, 9.17) is 14.0 Å². The standard InChI is InChI=1S/C19H28BNO5/c1-12(2)11-21-16(22)13-8-9-15(14(10-13)17(23)24-7)20-25-18(3,4)19(5,6)26-20/h8-10,12H,11H2,1-7H3,(H,21,22). The number of amides is 1. The number of nitrogens with one attached hydrogen (secondary N) is 1. The molecule has 1 aliphatic rings. The zero-order valence-electron chi connectivity index (χ0n) is 16.6. The largest absolute Gasteiger partial charge is 0.495 e. The average molecular weight is 361 g/mol. The fraction of sp³-hybridized carbons (Fsp3) is 0.579. The van der Waals surface area contributed by atoms with Gasteiger partial charge in [0.2, 0.25) is 0 Å². The molecule has 0 unspecified atom stereocenters. The van der Waals surface area contributed by atoms with Gasteiger partial charge in [0.25, 0.3) is 5.91 Å². The molecule has 0 atom stereocenters. The number of carbonyl (C=O) groups excluding carboxylic acids is 2. The molecule has 1 aromatic carbocycles. The van der Waals surface area contributed by atoms with Crippen molar-refractivity contribution in [2.45, 2.75) is 52.7 Å². The van der Waals surface area contributed by atoms with Crippen LogP contribution in [0.4, 0.5) is 0 Å². The molecule has 1 amide bonds. The van der Waals surface area contributed by atoms with Gasteiger partial charge in [0, 0.05) is 12.1 Å². The van der Waals surface area contributed by atoms with Crippen LogP contribution < -0.4 is 10.8 Å². The van der Waals surface area contributed by atoms with Gasteiger partial charge in [-0.05, 0) is 51.2 Å². The van der Waals surface area contributed by atoms with Gasteiger partial charge in [-0.2, -0.15) is 0 Å². The van der Waals surface area contributed by atoms with Crippen LogP contribution in [0, 0.1) is 5.92 Å². The number of esters is 1. The Balaban J connectivity index is 2.36. The van der Waals surface area contributed by atoms with Gasteiger partial charge >= 0.3 is 13.1 Å². The number of carbonyl (C=O) groups is 2. The SMILES string of the molecule is COC(=O)c1cc(C(=O)NCC(C)C)ccc1B1OC(C)(C)C(C)(C)O1. The molecular weight excluding hydrogens is 333 g/mol. The van der Waals surface area contributed by atoms with E-state index in [1.54, 1.807) is 12.1 Å². The van der Waals surface area contributed by atoms with Gasteiger partial charge in [-0.15, -0.1) is 0 Å². The van der Waals surface area contributed by atoms with E-state index in [1.165, 1.54) is 13.2 Å². The normalized spacial score (nSPS) is 18.1. The molecule has 0 radical (unpaired) electrons. The fourth-order valence-electron chi connectivity index (χ4n) is 2.56. The zero-order chi connectivity index (χ0) is 19.7. The van der Waals surface area contributed by atoms with Gasteiger partial charge in [0.15, 0.2) is 0 Å². The van der Waals surface area contributed by atoms with Gasteiger partial charge in [-0.25, -0.2) is 4.79 Å². The number of benzene rings is 1. The van der Waals surface area contributed by atoms with Crippen molar-refractivity contribution < 1.29 is 23.6 Å². The second-order valence-corrected chi connectivity index (χ2v) is 7.99. The number of methoxy groups -OCH3 is 1. The molecule has 2 rings (SSSR count). The van der Waals surface area contributed by atoms with Crippen LogP contribution >= 0.6 is 0 Å². The molecule has 6 nitrogen and oxygen atoms in total. The van der Waals surface area contributed by atoms with E-state index in [0.29, 0.717) is 23.5 Å². The molecule has 1 saturated heterocycles. The lowest BCUT2D eigenvalue weighted by Crippen LogP contribution is -2.41. The van der Waals surface area contributed by atoms with E-state index in [1.807, 2.05) is 41.5 Å². The monoisotopic (exact) mass is 361 g/mol. The molecule has 0 saturated carbocycles. The van der Waals surface area contributed by atoms with E-state index < -0.39 is 24.3 Å². The van der Waals surface area contributed by atoms with E-state index >= 15 is 0 Å². The van der Waals surface area contributed by atoms with Gasteiger partial charge in [-0.1, -0.05) is 19.9 Å². The van der Waals surface area contributed by atoms with Gasteiger partial charge < -0.3 is 19.4 Å². The minimum atomic E-state index is -0.707. The summed E-state index contributed by atoms with van der Waals surface area (Å²) in [5.41, 5.74) is 0.155. The lowest BCUT2D eigenvalue weighted by Gasteiger charge is -2.32. The maximum absolute atomic E-state index is 12.3. The summed E-state index contributed by atoms with van der Waals surface area (Å²) in [7, 11) is 0.601. The van der Waals surface area contributed by atoms with Crippen LogP contribution in [0.3, 0.4) is 0 Å². The molecule has 1 aliphatic heterocycles. The van der Waals surface area contributed by atoms with Crippen molar-refractivity contribution in [3.8, 4) is 0 Å². The smallest absolute Gasteiger partial charge is 0.465 e. The Morgan fingerprint density at radius 2 is 1.73 bits per heavy atom. The Bertz CT molecular complexity index is 683. The summed E-state index contributed by atoms with van der Waals surface area (Å²) in [6.07, 6.45) is 0. The summed E-state index contributed by atoms with van der Waals surface area (Å²) < 4.78 is 17.0. The summed E-state index contributed by atoms with van der Waals surface area (Å²) >= 11 is 0. The molecule has 1 N–H and O–H groups in total. The first-order chi connectivity index (χ1) is 12.0. The van der Waals surface area contributed by atoms with Crippen LogP contribution in [0.15, 0.2) is 18.2 Å². The molecule has 7 heteroatoms. The maximum Gasteiger partial charge on any atom is 0.495 e. The van der Waals surface area contributed by atoms with Crippen molar-refractivity contribution in [2.75, 3.05) is 13.7 Å². The van der Waals surface area contributed by atoms with Crippen LogP contribution in [-0.4, -0.2) is 43.9 Å². The summed E-state index contributed by atoms with van der Waals surface area (Å²) in [6.45, 7) is 12.4. The highest BCUT2D eigenvalue weighted by Crippen LogP contribution is 2.36. The molecule has 0 aromatic heterocycles. The molecule has 142 valence electrons. The van der Waals surface area contributed by atoms with Crippen molar-refractivity contribution in [1.29, 1.82) is 0 Å². The van der Waals surface area contributed by atoms with Crippen LogP contribution in [0.1, 0.15) is 62.3 Å². The lowest BCUT2D eigenvalue weighted by molar-refractivity contribution is 0.00578. The third-order valence-electron chi connectivity index (χ3n) is 4.90. The second kappa shape index (κ2) is 7.41. The Kier molecular flexibility index (Phi) is 5.83. The van der Waals surface area contributed by atoms with Gasteiger partial charge in [-0.3, -0.25) is 4.79 Å². The average Bonchev–Trinajstić information content (AvgIpc) is 2.78. The van der Waals surface area contributed by atoms with E-state index in [9.17, 15) is 9.59 Å². The number of hydrogen-bond acceptors (Lipinski definition) is 5. The van der Waals surface area contributed by atoms with Crippen molar-refractivity contribution in [3.63, 3.8) is 0 Å². The minimum absolute atomic E-state index is 0.232. The van der Waals surface area contributed by atoms with Crippen molar-refractivity contribution in [1.82, 2.24) is 5.32 Å². The van der Waals surface area contributed by atoms with E-state index in [-0.39, 0.29) is 11.5 Å². The van der Waals surface area contributed by atoms with Crippen LogP contribution in [0.2, 0.25) is 0 Å². The molecule has 26 heavy (non-hydrogen) atoms. The fourth-order valence-corrected chi connectivity index (χ4v) is 2.56. The molecule has 0 aliphatic carbocycles. The van der Waals surface area contributed by atoms with Crippen LogP contribution in [-0.2, 0) is 14.0 Å². The number of rotatable bonds is 5. The summed E-state index contributed by atoms with van der Waals surface area (Å²) in [5.74, 6) is -0.430. The summed E-state index contributed by atoms with van der Waals surface area (Å²) in [5, 5.41) is 2.84. The number of ether oxygens (including phenoxy) is 1. The molecule has 1 fully saturated rings. The predicted octanol–water partition coefficient (Wildman–Crippen LogP) is 2.16. The van der Waals surface area contributed by atoms with Crippen molar-refractivity contribution in [3.05, 3.63) is 29.3 Å². The summed E-state index contributed by atoms with van der Waals surface area (Å²) in [4.78, 5) is 24.6. The molecule has 1 heterocycles. The van der Waals surface area contributed by atoms with Gasteiger partial charge in [0.05, 0.1) is 23.9 Å². The first-order valence-electron chi connectivity index (χ1n) is 8.84. The molecular formula is C19H28BNO5. The Hall–Kier alpha value is -1.86. The maximum atomic E-state index is 12.3. The Morgan fingerprint density at radius 1 is 1.15 bits per heavy atom. The third-order valence-corrected chi connectivity index (χ3v) is 4.90. The third kappa shape index (κ3) is 4.10. The Labute approximate surface area is 155 Å². The highest BCUT2D eigenvalue weighted by molar-refractivity contribution is 6.63. The van der Waals surface area contributed by atoms with Crippen molar-refractivity contribution >= 4 is 24.5 Å². The van der Waals surface area contributed by atoms with Crippen LogP contribution in [0.25, 0.3) is 0 Å². The topological polar surface area (TPSA) is 73.9 Å². The lowest BCUT2D eigenvalue weighted by atomic mass is 9.75. The molecule has 0 spiro atoms. The van der Waals surface area contributed by atoms with E-state index in [0.717, 1.165) is 0 Å². The van der Waals surface area contributed by atoms with Crippen molar-refractivity contribution in [2.24, 2.45) is 5.92 Å². The van der Waals surface area contributed by atoms with Gasteiger partial charge in [0.1, 0.15) is 0 Å². The predicted molar refractivity (Wildman–Crippen MR) is 101 cm³/mol. The first-order valence-corrected chi connectivity index (χ1v) is 8.84. The summed E-state index contributed by atoms with van der Waals surface area (Å²) in [6, 6.07) is 4.89.